The van der Waals surface area contributed by atoms with Crippen LogP contribution in [0.1, 0.15) is 29.7 Å². The van der Waals surface area contributed by atoms with Crippen molar-refractivity contribution >= 4 is 0 Å². The number of nitrogens with zero attached hydrogens (tertiary/aromatic N) is 1. The minimum Gasteiger partial charge on any atom is -0.376 e. The van der Waals surface area contributed by atoms with Crippen molar-refractivity contribution < 1.29 is 9.13 Å². The summed E-state index contributed by atoms with van der Waals surface area (Å²) in [6.07, 6.45) is 2.36. The number of halogens is 1. The second-order valence-corrected chi connectivity index (χ2v) is 5.94. The van der Waals surface area contributed by atoms with Crippen molar-refractivity contribution in [1.82, 2.24) is 4.98 Å². The van der Waals surface area contributed by atoms with Crippen LogP contribution < -0.4 is 5.56 Å². The summed E-state index contributed by atoms with van der Waals surface area (Å²) in [4.78, 5) is 14.6. The van der Waals surface area contributed by atoms with E-state index in [-0.39, 0.29) is 18.0 Å². The summed E-state index contributed by atoms with van der Waals surface area (Å²) in [5.74, 6) is 0.252. The van der Waals surface area contributed by atoms with Crippen molar-refractivity contribution in [3.05, 3.63) is 57.3 Å². The number of rotatable bonds is 5. The third-order valence-electron chi connectivity index (χ3n) is 3.95. The molecule has 0 radical (unpaired) electrons. The van der Waals surface area contributed by atoms with E-state index in [1.54, 1.807) is 19.1 Å². The van der Waals surface area contributed by atoms with E-state index in [9.17, 15) is 14.4 Å². The van der Waals surface area contributed by atoms with Crippen LogP contribution in [0.15, 0.2) is 29.1 Å². The molecular weight excluding hydrogens is 295 g/mol. The predicted octanol–water partition coefficient (Wildman–Crippen LogP) is 3.29. The number of hydrogen-bond donors (Lipinski definition) is 1. The van der Waals surface area contributed by atoms with E-state index in [1.807, 2.05) is 6.07 Å². The highest BCUT2D eigenvalue weighted by Gasteiger charge is 2.21. The van der Waals surface area contributed by atoms with Gasteiger partial charge in [0.15, 0.2) is 0 Å². The quantitative estimate of drug-likeness (QED) is 0.921. The average Bonchev–Trinajstić information content (AvgIpc) is 3.31. The van der Waals surface area contributed by atoms with E-state index in [2.05, 4.69) is 4.98 Å². The van der Waals surface area contributed by atoms with Crippen molar-refractivity contribution in [2.45, 2.75) is 26.4 Å². The van der Waals surface area contributed by atoms with Crippen LogP contribution in [0.4, 0.5) is 4.39 Å². The molecule has 0 atom stereocenters. The normalized spacial score (nSPS) is 13.8. The van der Waals surface area contributed by atoms with Crippen LogP contribution in [0.3, 0.4) is 0 Å². The zero-order valence-electron chi connectivity index (χ0n) is 12.9. The minimum atomic E-state index is -0.434. The van der Waals surface area contributed by atoms with Gasteiger partial charge < -0.3 is 9.72 Å². The molecule has 0 unspecified atom stereocenters. The van der Waals surface area contributed by atoms with Gasteiger partial charge in [-0.2, -0.15) is 5.26 Å². The molecule has 1 aromatic carbocycles. The molecule has 1 aromatic heterocycles. The SMILES string of the molecule is Cc1cc(-c2ccc(F)cc2COCC2CC2)c(C#N)c(=O)[nH]1. The Bertz CT molecular complexity index is 832. The molecule has 1 N–H and O–H groups in total. The number of nitriles is 1. The van der Waals surface area contributed by atoms with Gasteiger partial charge in [-0.05, 0) is 55.0 Å². The Balaban J connectivity index is 2.01. The van der Waals surface area contributed by atoms with E-state index in [0.29, 0.717) is 34.9 Å². The molecule has 0 spiro atoms. The van der Waals surface area contributed by atoms with Gasteiger partial charge in [-0.1, -0.05) is 6.07 Å². The Labute approximate surface area is 133 Å². The maximum absolute atomic E-state index is 13.6. The third-order valence-corrected chi connectivity index (χ3v) is 3.95. The lowest BCUT2D eigenvalue weighted by Gasteiger charge is -2.12. The Morgan fingerprint density at radius 3 is 2.83 bits per heavy atom. The van der Waals surface area contributed by atoms with Gasteiger partial charge in [-0.25, -0.2) is 4.39 Å². The average molecular weight is 312 g/mol. The van der Waals surface area contributed by atoms with E-state index in [1.165, 1.54) is 25.0 Å². The number of hydrogen-bond acceptors (Lipinski definition) is 3. The van der Waals surface area contributed by atoms with E-state index >= 15 is 0 Å². The molecule has 1 aliphatic rings. The molecular formula is C18H17FN2O2. The summed E-state index contributed by atoms with van der Waals surface area (Å²) >= 11 is 0. The van der Waals surface area contributed by atoms with Crippen molar-refractivity contribution in [2.75, 3.05) is 6.61 Å². The number of ether oxygens (including phenoxy) is 1. The summed E-state index contributed by atoms with van der Waals surface area (Å²) < 4.78 is 19.3. The summed E-state index contributed by atoms with van der Waals surface area (Å²) in [7, 11) is 0. The monoisotopic (exact) mass is 312 g/mol. The maximum atomic E-state index is 13.6. The van der Waals surface area contributed by atoms with Crippen LogP contribution >= 0.6 is 0 Å². The number of H-pyrrole nitrogens is 1. The van der Waals surface area contributed by atoms with Gasteiger partial charge in [0.2, 0.25) is 0 Å². The Hall–Kier alpha value is -2.45. The van der Waals surface area contributed by atoms with Crippen molar-refractivity contribution in [2.24, 2.45) is 5.92 Å². The first-order valence-electron chi connectivity index (χ1n) is 7.59. The highest BCUT2D eigenvalue weighted by molar-refractivity contribution is 5.73. The van der Waals surface area contributed by atoms with Crippen LogP contribution in [-0.2, 0) is 11.3 Å². The lowest BCUT2D eigenvalue weighted by Crippen LogP contribution is -2.13. The Kier molecular flexibility index (Phi) is 4.26. The molecule has 1 saturated carbocycles. The van der Waals surface area contributed by atoms with Crippen LogP contribution in [-0.4, -0.2) is 11.6 Å². The molecule has 2 aromatic rings. The first kappa shape index (κ1) is 15.4. The highest BCUT2D eigenvalue weighted by Crippen LogP contribution is 2.31. The largest absolute Gasteiger partial charge is 0.376 e. The van der Waals surface area contributed by atoms with E-state index in [0.717, 1.165) is 0 Å². The standard InChI is InChI=1S/C18H17FN2O2/c1-11-6-16(17(8-20)18(22)21-11)15-5-4-14(19)7-13(15)10-23-9-12-2-3-12/h4-7,12H,2-3,9-10H2,1H3,(H,21,22). The van der Waals surface area contributed by atoms with Crippen LogP contribution in [0.5, 0.6) is 0 Å². The van der Waals surface area contributed by atoms with Crippen molar-refractivity contribution in [3.63, 3.8) is 0 Å². The van der Waals surface area contributed by atoms with E-state index < -0.39 is 5.56 Å². The molecule has 0 saturated heterocycles. The van der Waals surface area contributed by atoms with Gasteiger partial charge in [0.1, 0.15) is 17.4 Å². The van der Waals surface area contributed by atoms with Gasteiger partial charge in [0, 0.05) is 17.9 Å². The lowest BCUT2D eigenvalue weighted by atomic mass is 9.96. The first-order chi connectivity index (χ1) is 11.1. The summed E-state index contributed by atoms with van der Waals surface area (Å²) in [6.45, 7) is 2.68. The molecule has 5 heteroatoms. The number of aromatic amines is 1. The Morgan fingerprint density at radius 1 is 1.35 bits per heavy atom. The number of nitrogens with one attached hydrogen (secondary N) is 1. The smallest absolute Gasteiger partial charge is 0.266 e. The molecule has 1 aliphatic carbocycles. The Morgan fingerprint density at radius 2 is 2.13 bits per heavy atom. The predicted molar refractivity (Wildman–Crippen MR) is 84.3 cm³/mol. The van der Waals surface area contributed by atoms with Gasteiger partial charge in [-0.15, -0.1) is 0 Å². The molecule has 0 amide bonds. The molecule has 3 rings (SSSR count). The molecule has 0 bridgehead atoms. The fourth-order valence-electron chi connectivity index (χ4n) is 2.58. The second-order valence-electron chi connectivity index (χ2n) is 5.94. The minimum absolute atomic E-state index is 0.0330. The zero-order valence-corrected chi connectivity index (χ0v) is 12.9. The molecule has 23 heavy (non-hydrogen) atoms. The number of aryl methyl sites for hydroxylation is 1. The summed E-state index contributed by atoms with van der Waals surface area (Å²) in [5, 5.41) is 9.28. The molecule has 0 aliphatic heterocycles. The molecule has 1 heterocycles. The van der Waals surface area contributed by atoms with Crippen LogP contribution in [0.25, 0.3) is 11.1 Å². The number of benzene rings is 1. The van der Waals surface area contributed by atoms with Gasteiger partial charge in [0.25, 0.3) is 5.56 Å². The number of aromatic nitrogens is 1. The van der Waals surface area contributed by atoms with E-state index in [4.69, 9.17) is 4.74 Å². The topological polar surface area (TPSA) is 65.9 Å². The zero-order chi connectivity index (χ0) is 16.4. The highest BCUT2D eigenvalue weighted by atomic mass is 19.1. The summed E-state index contributed by atoms with van der Waals surface area (Å²) in [5.41, 5.74) is 2.07. The van der Waals surface area contributed by atoms with Gasteiger partial charge in [0.05, 0.1) is 6.61 Å². The number of pyridine rings is 1. The third kappa shape index (κ3) is 3.49. The maximum Gasteiger partial charge on any atom is 0.266 e. The van der Waals surface area contributed by atoms with Gasteiger partial charge in [-0.3, -0.25) is 4.79 Å². The van der Waals surface area contributed by atoms with Crippen LogP contribution in [0.2, 0.25) is 0 Å². The van der Waals surface area contributed by atoms with Crippen molar-refractivity contribution in [3.8, 4) is 17.2 Å². The molecule has 118 valence electrons. The molecule has 1 fully saturated rings. The lowest BCUT2D eigenvalue weighted by molar-refractivity contribution is 0.111. The molecule has 4 nitrogen and oxygen atoms in total. The fourth-order valence-corrected chi connectivity index (χ4v) is 2.58. The van der Waals surface area contributed by atoms with Crippen LogP contribution in [0, 0.1) is 30.0 Å². The first-order valence-corrected chi connectivity index (χ1v) is 7.59. The van der Waals surface area contributed by atoms with Crippen molar-refractivity contribution in [1.29, 1.82) is 5.26 Å². The summed E-state index contributed by atoms with van der Waals surface area (Å²) in [6, 6.07) is 8.00. The second kappa shape index (κ2) is 6.35. The fraction of sp³-hybridized carbons (Fsp3) is 0.333. The van der Waals surface area contributed by atoms with Gasteiger partial charge >= 0.3 is 0 Å².